The first-order valence-corrected chi connectivity index (χ1v) is 7.91. The van der Waals surface area contributed by atoms with Gasteiger partial charge in [0.1, 0.15) is 9.84 Å². The lowest BCUT2D eigenvalue weighted by Gasteiger charge is -2.23. The average Bonchev–Trinajstić information content (AvgIpc) is 2.70. The van der Waals surface area contributed by atoms with Gasteiger partial charge in [0, 0.05) is 25.0 Å². The Morgan fingerprint density at radius 3 is 2.82 bits per heavy atom. The quantitative estimate of drug-likeness (QED) is 0.882. The van der Waals surface area contributed by atoms with Gasteiger partial charge in [0.2, 0.25) is 5.95 Å². The van der Waals surface area contributed by atoms with E-state index in [-0.39, 0.29) is 6.04 Å². The van der Waals surface area contributed by atoms with Gasteiger partial charge < -0.3 is 9.88 Å². The van der Waals surface area contributed by atoms with E-state index in [2.05, 4.69) is 21.8 Å². The molecule has 1 aliphatic heterocycles. The maximum absolute atomic E-state index is 11.3. The summed E-state index contributed by atoms with van der Waals surface area (Å²) < 4.78 is 24.7. The number of hydrogen-bond acceptors (Lipinski definition) is 4. The summed E-state index contributed by atoms with van der Waals surface area (Å²) in [6.07, 6.45) is 6.15. The standard InChI is InChI=1S/C11H19N3O2S/c1-2-6-14-7-5-12-11(14)13-10-3-8-17(15,16)9-4-10/h5,7,10H,2-4,6,8-9H2,1H3,(H,12,13). The molecular formula is C11H19N3O2S. The third-order valence-corrected chi connectivity index (χ3v) is 4.78. The Morgan fingerprint density at radius 2 is 2.18 bits per heavy atom. The van der Waals surface area contributed by atoms with Crippen LogP contribution in [0.25, 0.3) is 0 Å². The minimum atomic E-state index is -2.78. The van der Waals surface area contributed by atoms with Crippen molar-refractivity contribution in [3.8, 4) is 0 Å². The van der Waals surface area contributed by atoms with Gasteiger partial charge in [-0.05, 0) is 19.3 Å². The fourth-order valence-electron chi connectivity index (χ4n) is 2.09. The molecule has 1 fully saturated rings. The van der Waals surface area contributed by atoms with E-state index in [9.17, 15) is 8.42 Å². The topological polar surface area (TPSA) is 64.0 Å². The van der Waals surface area contributed by atoms with E-state index in [4.69, 9.17) is 0 Å². The third kappa shape index (κ3) is 3.21. The number of sulfone groups is 1. The molecule has 1 aromatic heterocycles. The molecule has 1 saturated heterocycles. The summed E-state index contributed by atoms with van der Waals surface area (Å²) in [6, 6.07) is 0.233. The Hall–Kier alpha value is -1.04. The summed E-state index contributed by atoms with van der Waals surface area (Å²) in [6.45, 7) is 3.06. The SMILES string of the molecule is CCCn1ccnc1NC1CCS(=O)(=O)CC1. The van der Waals surface area contributed by atoms with Crippen molar-refractivity contribution < 1.29 is 8.42 Å². The lowest BCUT2D eigenvalue weighted by Crippen LogP contribution is -2.33. The molecule has 0 aliphatic carbocycles. The molecule has 0 spiro atoms. The molecule has 0 radical (unpaired) electrons. The zero-order valence-corrected chi connectivity index (χ0v) is 10.9. The van der Waals surface area contributed by atoms with Gasteiger partial charge in [-0.1, -0.05) is 6.92 Å². The number of aromatic nitrogens is 2. The van der Waals surface area contributed by atoms with E-state index >= 15 is 0 Å². The van der Waals surface area contributed by atoms with Crippen molar-refractivity contribution in [3.05, 3.63) is 12.4 Å². The van der Waals surface area contributed by atoms with E-state index in [0.717, 1.165) is 18.9 Å². The highest BCUT2D eigenvalue weighted by Crippen LogP contribution is 2.17. The maximum atomic E-state index is 11.3. The van der Waals surface area contributed by atoms with Crippen molar-refractivity contribution in [1.29, 1.82) is 0 Å². The Balaban J connectivity index is 1.95. The number of nitrogens with zero attached hydrogens (tertiary/aromatic N) is 2. The number of hydrogen-bond donors (Lipinski definition) is 1. The fraction of sp³-hybridized carbons (Fsp3) is 0.727. The third-order valence-electron chi connectivity index (χ3n) is 3.07. The van der Waals surface area contributed by atoms with Crippen LogP contribution in [-0.4, -0.2) is 35.5 Å². The van der Waals surface area contributed by atoms with Crippen LogP contribution >= 0.6 is 0 Å². The van der Waals surface area contributed by atoms with Crippen LogP contribution in [-0.2, 0) is 16.4 Å². The Kier molecular flexibility index (Phi) is 3.71. The highest BCUT2D eigenvalue weighted by atomic mass is 32.2. The summed E-state index contributed by atoms with van der Waals surface area (Å²) in [7, 11) is -2.78. The average molecular weight is 257 g/mol. The lowest BCUT2D eigenvalue weighted by atomic mass is 10.2. The monoisotopic (exact) mass is 257 g/mol. The molecule has 1 aliphatic rings. The summed E-state index contributed by atoms with van der Waals surface area (Å²) in [5.74, 6) is 1.44. The second kappa shape index (κ2) is 5.08. The molecule has 0 saturated carbocycles. The van der Waals surface area contributed by atoms with Gasteiger partial charge >= 0.3 is 0 Å². The van der Waals surface area contributed by atoms with Gasteiger partial charge in [-0.15, -0.1) is 0 Å². The van der Waals surface area contributed by atoms with Crippen LogP contribution < -0.4 is 5.32 Å². The van der Waals surface area contributed by atoms with Crippen molar-refractivity contribution in [2.24, 2.45) is 0 Å². The van der Waals surface area contributed by atoms with Gasteiger partial charge in [-0.3, -0.25) is 0 Å². The molecule has 17 heavy (non-hydrogen) atoms. The number of anilines is 1. The Bertz CT molecular complexity index is 453. The minimum absolute atomic E-state index is 0.233. The predicted molar refractivity (Wildman–Crippen MR) is 67.8 cm³/mol. The number of aryl methyl sites for hydroxylation is 1. The molecule has 5 nitrogen and oxygen atoms in total. The highest BCUT2D eigenvalue weighted by molar-refractivity contribution is 7.91. The van der Waals surface area contributed by atoms with Gasteiger partial charge in [-0.2, -0.15) is 0 Å². The molecular weight excluding hydrogens is 238 g/mol. The van der Waals surface area contributed by atoms with Crippen LogP contribution in [0.4, 0.5) is 5.95 Å². The van der Waals surface area contributed by atoms with Crippen molar-refractivity contribution in [1.82, 2.24) is 9.55 Å². The summed E-state index contributed by atoms with van der Waals surface area (Å²) in [5, 5.41) is 3.34. The molecule has 1 aromatic rings. The minimum Gasteiger partial charge on any atom is -0.353 e. The van der Waals surface area contributed by atoms with Crippen molar-refractivity contribution >= 4 is 15.8 Å². The molecule has 0 atom stereocenters. The van der Waals surface area contributed by atoms with Gasteiger partial charge in [0.05, 0.1) is 11.5 Å². The zero-order chi connectivity index (χ0) is 12.3. The molecule has 0 amide bonds. The normalized spacial score (nSPS) is 20.3. The van der Waals surface area contributed by atoms with Crippen LogP contribution in [0, 0.1) is 0 Å². The number of rotatable bonds is 4. The van der Waals surface area contributed by atoms with Crippen LogP contribution in [0.15, 0.2) is 12.4 Å². The second-order valence-corrected chi connectivity index (χ2v) is 6.82. The van der Waals surface area contributed by atoms with Crippen LogP contribution in [0.5, 0.6) is 0 Å². The largest absolute Gasteiger partial charge is 0.353 e. The number of imidazole rings is 1. The van der Waals surface area contributed by atoms with Crippen molar-refractivity contribution in [2.45, 2.75) is 38.8 Å². The molecule has 0 aromatic carbocycles. The Morgan fingerprint density at radius 1 is 1.47 bits per heavy atom. The van der Waals surface area contributed by atoms with Crippen molar-refractivity contribution in [3.63, 3.8) is 0 Å². The van der Waals surface area contributed by atoms with E-state index in [0.29, 0.717) is 24.3 Å². The fourth-order valence-corrected chi connectivity index (χ4v) is 3.58. The first kappa shape index (κ1) is 12.4. The Labute approximate surface area is 102 Å². The van der Waals surface area contributed by atoms with Crippen molar-refractivity contribution in [2.75, 3.05) is 16.8 Å². The van der Waals surface area contributed by atoms with Gasteiger partial charge in [0.15, 0.2) is 0 Å². The summed E-state index contributed by atoms with van der Waals surface area (Å²) in [4.78, 5) is 4.27. The smallest absolute Gasteiger partial charge is 0.202 e. The van der Waals surface area contributed by atoms with Gasteiger partial charge in [0.25, 0.3) is 0 Å². The van der Waals surface area contributed by atoms with Crippen LogP contribution in [0.2, 0.25) is 0 Å². The lowest BCUT2D eigenvalue weighted by molar-refractivity contribution is 0.555. The molecule has 2 heterocycles. The second-order valence-electron chi connectivity index (χ2n) is 4.51. The van der Waals surface area contributed by atoms with Crippen LogP contribution in [0.1, 0.15) is 26.2 Å². The van der Waals surface area contributed by atoms with E-state index in [1.807, 2.05) is 6.20 Å². The summed E-state index contributed by atoms with van der Waals surface area (Å²) >= 11 is 0. The van der Waals surface area contributed by atoms with Gasteiger partial charge in [-0.25, -0.2) is 13.4 Å². The first-order valence-electron chi connectivity index (χ1n) is 6.09. The molecule has 2 rings (SSSR count). The molecule has 96 valence electrons. The van der Waals surface area contributed by atoms with Crippen LogP contribution in [0.3, 0.4) is 0 Å². The zero-order valence-electron chi connectivity index (χ0n) is 10.1. The van der Waals surface area contributed by atoms with E-state index in [1.54, 1.807) is 6.20 Å². The molecule has 1 N–H and O–H groups in total. The maximum Gasteiger partial charge on any atom is 0.202 e. The molecule has 6 heteroatoms. The van der Waals surface area contributed by atoms with E-state index in [1.165, 1.54) is 0 Å². The predicted octanol–water partition coefficient (Wildman–Crippen LogP) is 1.28. The first-order chi connectivity index (χ1) is 8.11. The number of nitrogens with one attached hydrogen (secondary N) is 1. The van der Waals surface area contributed by atoms with E-state index < -0.39 is 9.84 Å². The molecule has 0 bridgehead atoms. The summed E-state index contributed by atoms with van der Waals surface area (Å²) in [5.41, 5.74) is 0. The molecule has 0 unspecified atom stereocenters. The highest BCUT2D eigenvalue weighted by Gasteiger charge is 2.24.